The van der Waals surface area contributed by atoms with Crippen molar-refractivity contribution in [2.45, 2.75) is 100 Å². The van der Waals surface area contributed by atoms with Gasteiger partial charge in [0.2, 0.25) is 0 Å². The summed E-state index contributed by atoms with van der Waals surface area (Å²) in [7, 11) is -0.730. The van der Waals surface area contributed by atoms with Gasteiger partial charge in [-0.2, -0.15) is 0 Å². The summed E-state index contributed by atoms with van der Waals surface area (Å²) in [6, 6.07) is 103. The molecule has 15 heteroatoms. The summed E-state index contributed by atoms with van der Waals surface area (Å²) >= 11 is 7.17. The molecule has 2 aliphatic heterocycles. The fourth-order valence-electron chi connectivity index (χ4n) is 16.9. The molecular formula is C105H87B2BrN6O4S2. The van der Waals surface area contributed by atoms with Crippen LogP contribution in [-0.4, -0.2) is 66.5 Å². The molecule has 0 atom stereocenters. The maximum atomic E-state index is 6.28. The van der Waals surface area contributed by atoms with Crippen LogP contribution in [0.25, 0.3) is 194 Å². The molecule has 16 aromatic carbocycles. The van der Waals surface area contributed by atoms with Crippen molar-refractivity contribution >= 4 is 202 Å². The highest BCUT2D eigenvalue weighted by Gasteiger charge is 2.53. The molecule has 23 rings (SSSR count). The summed E-state index contributed by atoms with van der Waals surface area (Å²) in [5, 5.41) is 18.9. The number of rotatable bonds is 7. The number of hydrogen-bond donors (Lipinski definition) is 0. The van der Waals surface area contributed by atoms with Crippen LogP contribution in [0.2, 0.25) is 0 Å². The molecule has 10 nitrogen and oxygen atoms in total. The number of fused-ring (bicyclic) bond motifs is 24. The SMILES string of the molecule is Brc1cccc(-c2cnc3c4ccccc4c4ccccc4c3n2)c1.C.C.C.CC1(C)OB(c2ccc3sc4ccc(B5OC(C)(C)C(C)(C)O5)cc4c3c2)OC1(C)C.c1cc(-c2ccc3sc4ccc(-c5cccc(-c6cnc7c8ccccc8c8ccccc8c7n6)c5)cc4c3c2)cc(-c2cnc3c4ccccc4c4ccccc4c3n2)c1. The molecule has 21 aromatic rings. The highest BCUT2D eigenvalue weighted by molar-refractivity contribution is 9.10. The van der Waals surface area contributed by atoms with Gasteiger partial charge in [-0.25, -0.2) is 15.0 Å². The number of hydrogen-bond acceptors (Lipinski definition) is 12. The smallest absolute Gasteiger partial charge is 0.399 e. The Kier molecular flexibility index (Phi) is 20.2. The molecular weight excluding hydrogens is 1570 g/mol. The maximum absolute atomic E-state index is 6.28. The molecule has 0 amide bonds. The minimum atomic E-state index is -0.365. The van der Waals surface area contributed by atoms with E-state index in [1.807, 2.05) is 42.1 Å². The number of halogens is 1. The zero-order valence-electron chi connectivity index (χ0n) is 65.6. The van der Waals surface area contributed by atoms with Crippen LogP contribution in [0.3, 0.4) is 0 Å². The molecule has 5 aromatic heterocycles. The summed E-state index contributed by atoms with van der Waals surface area (Å²) in [5.41, 5.74) is 16.7. The van der Waals surface area contributed by atoms with Crippen molar-refractivity contribution < 1.29 is 18.6 Å². The Morgan fingerprint density at radius 1 is 0.242 bits per heavy atom. The topological polar surface area (TPSA) is 114 Å². The predicted molar refractivity (Wildman–Crippen MR) is 516 cm³/mol. The minimum absolute atomic E-state index is 0. The molecule has 7 heterocycles. The lowest BCUT2D eigenvalue weighted by Crippen LogP contribution is -2.41. The molecule has 0 bridgehead atoms. The van der Waals surface area contributed by atoms with E-state index in [2.05, 4.69) is 350 Å². The molecule has 0 unspecified atom stereocenters. The average Bonchev–Trinajstić information content (AvgIpc) is 1.38. The second-order valence-corrected chi connectivity index (χ2v) is 35.7. The third-order valence-electron chi connectivity index (χ3n) is 24.4. The number of thiophene rings is 2. The molecule has 0 radical (unpaired) electrons. The Morgan fingerprint density at radius 3 is 0.800 bits per heavy atom. The summed E-state index contributed by atoms with van der Waals surface area (Å²) < 4.78 is 31.2. The quantitative estimate of drug-likeness (QED) is 0.113. The Bertz CT molecular complexity index is 7210. The zero-order chi connectivity index (χ0) is 79.2. The zero-order valence-corrected chi connectivity index (χ0v) is 68.8. The van der Waals surface area contributed by atoms with Gasteiger partial charge in [0.05, 0.1) is 91.2 Å². The standard InChI is InChI=1S/C56H32N4S.C24H30B2O4S.C22H13BrN2.3CH4/c1-5-19-43-39(15-1)41-17-3-7-21-45(41)55-53(43)57-31-49(59-55)37-13-9-11-33(27-37)35-23-25-51-47(29-35)48-30-36(24-26-52(48)61-51)34-12-10-14-38(28-34)50-32-58-54-44-20-6-2-16-40(44)42-18-4-8-22-46(42)56(54)60-50;1-21(2)22(3,4)28-25(27-21)15-9-11-19-17(13-15)18-14-16(10-12-20(18)31-19)26-29-23(5,6)24(7,8)30-26;23-15-7-5-6-14(12-15)20-13-24-21-18-10-3-1-8-16(18)17-9-2-4-11-19(17)22(21)25-20;;;/h1-32H;9-14H,1-8H3;1-13H;3*1H4. The third kappa shape index (κ3) is 13.6. The Morgan fingerprint density at radius 2 is 0.492 bits per heavy atom. The van der Waals surface area contributed by atoms with E-state index in [9.17, 15) is 0 Å². The number of aromatic nitrogens is 6. The van der Waals surface area contributed by atoms with Gasteiger partial charge >= 0.3 is 14.2 Å². The van der Waals surface area contributed by atoms with Crippen LogP contribution in [0.4, 0.5) is 0 Å². The first-order valence-corrected chi connectivity index (χ1v) is 42.1. The second kappa shape index (κ2) is 30.7. The lowest BCUT2D eigenvalue weighted by molar-refractivity contribution is 0.00578. The molecule has 120 heavy (non-hydrogen) atoms. The Balaban J connectivity index is 0.000000140. The highest BCUT2D eigenvalue weighted by atomic mass is 79.9. The van der Waals surface area contributed by atoms with Gasteiger partial charge < -0.3 is 18.6 Å². The molecule has 0 aliphatic carbocycles. The van der Waals surface area contributed by atoms with Crippen molar-refractivity contribution in [3.8, 4) is 56.0 Å². The lowest BCUT2D eigenvalue weighted by atomic mass is 9.77. The largest absolute Gasteiger partial charge is 0.494 e. The molecule has 0 spiro atoms. The summed E-state index contributed by atoms with van der Waals surface area (Å²) in [6.07, 6.45) is 5.71. The van der Waals surface area contributed by atoms with Crippen LogP contribution in [0.15, 0.2) is 314 Å². The van der Waals surface area contributed by atoms with Gasteiger partial charge in [0.15, 0.2) is 0 Å². The molecule has 2 saturated heterocycles. The maximum Gasteiger partial charge on any atom is 0.494 e. The second-order valence-electron chi connectivity index (χ2n) is 32.6. The van der Waals surface area contributed by atoms with Crippen LogP contribution >= 0.6 is 38.6 Å². The molecule has 0 N–H and O–H groups in total. The first kappa shape index (κ1) is 79.1. The normalized spacial score (nSPS) is 14.6. The van der Waals surface area contributed by atoms with E-state index < -0.39 is 0 Å². The summed E-state index contributed by atoms with van der Waals surface area (Å²) in [6.45, 7) is 16.7. The highest BCUT2D eigenvalue weighted by Crippen LogP contribution is 2.45. The van der Waals surface area contributed by atoms with E-state index in [0.29, 0.717) is 0 Å². The number of benzene rings is 16. The van der Waals surface area contributed by atoms with Crippen LogP contribution in [0.5, 0.6) is 0 Å². The van der Waals surface area contributed by atoms with E-state index >= 15 is 0 Å². The van der Waals surface area contributed by atoms with Crippen molar-refractivity contribution in [3.05, 3.63) is 314 Å². The first-order valence-electron chi connectivity index (χ1n) is 39.6. The van der Waals surface area contributed by atoms with Crippen LogP contribution in [0, 0.1) is 0 Å². The third-order valence-corrected chi connectivity index (χ3v) is 27.2. The van der Waals surface area contributed by atoms with E-state index in [1.165, 1.54) is 83.8 Å². The van der Waals surface area contributed by atoms with Crippen LogP contribution in [-0.2, 0) is 18.6 Å². The van der Waals surface area contributed by atoms with Crippen molar-refractivity contribution in [1.29, 1.82) is 0 Å². The molecule has 2 aliphatic rings. The van der Waals surface area contributed by atoms with Gasteiger partial charge in [-0.3, -0.25) is 15.0 Å². The molecule has 2 fully saturated rings. The fourth-order valence-corrected chi connectivity index (χ4v) is 19.4. The summed E-state index contributed by atoms with van der Waals surface area (Å²) in [4.78, 5) is 30.4. The van der Waals surface area contributed by atoms with E-state index in [0.717, 1.165) is 126 Å². The Labute approximate surface area is 715 Å². The number of nitrogens with zero attached hydrogens (tertiary/aromatic N) is 6. The van der Waals surface area contributed by atoms with Gasteiger partial charge in [0, 0.05) is 83.1 Å². The lowest BCUT2D eigenvalue weighted by Gasteiger charge is -2.32. The van der Waals surface area contributed by atoms with Gasteiger partial charge in [-0.15, -0.1) is 22.7 Å². The van der Waals surface area contributed by atoms with Gasteiger partial charge in [0.25, 0.3) is 0 Å². The molecule has 0 saturated carbocycles. The fraction of sp³-hybridized carbons (Fsp3) is 0.143. The van der Waals surface area contributed by atoms with Gasteiger partial charge in [0.1, 0.15) is 0 Å². The summed E-state index contributed by atoms with van der Waals surface area (Å²) in [5.74, 6) is 0. The van der Waals surface area contributed by atoms with Crippen LogP contribution in [0.1, 0.15) is 77.7 Å². The van der Waals surface area contributed by atoms with Crippen molar-refractivity contribution in [2.75, 3.05) is 0 Å². The average molecular weight is 1660 g/mol. The monoisotopic (exact) mass is 1660 g/mol. The van der Waals surface area contributed by atoms with E-state index in [4.69, 9.17) is 48.5 Å². The Hall–Kier alpha value is -12.0. The van der Waals surface area contributed by atoms with Gasteiger partial charge in [-0.1, -0.05) is 269 Å². The molecule has 586 valence electrons. The predicted octanol–water partition coefficient (Wildman–Crippen LogP) is 28.1. The van der Waals surface area contributed by atoms with Crippen LogP contribution < -0.4 is 10.9 Å². The van der Waals surface area contributed by atoms with Crippen molar-refractivity contribution in [1.82, 2.24) is 29.9 Å². The van der Waals surface area contributed by atoms with E-state index in [-0.39, 0.29) is 58.9 Å². The van der Waals surface area contributed by atoms with Crippen molar-refractivity contribution in [3.63, 3.8) is 0 Å². The first-order chi connectivity index (χ1) is 56.8. The van der Waals surface area contributed by atoms with Crippen molar-refractivity contribution in [2.24, 2.45) is 0 Å². The van der Waals surface area contributed by atoms with E-state index in [1.54, 1.807) is 11.3 Å². The van der Waals surface area contributed by atoms with Gasteiger partial charge in [-0.05, 0) is 192 Å². The minimum Gasteiger partial charge on any atom is -0.399 e.